The largest absolute Gasteiger partial charge is 0.384 e. The Kier molecular flexibility index (Phi) is 3.23. The second-order valence-corrected chi connectivity index (χ2v) is 8.88. The Morgan fingerprint density at radius 2 is 2.04 bits per heavy atom. The highest BCUT2D eigenvalue weighted by Crippen LogP contribution is 2.72. The van der Waals surface area contributed by atoms with Crippen LogP contribution in [-0.2, 0) is 23.4 Å². The monoisotopic (exact) mass is 378 g/mol. The summed E-state index contributed by atoms with van der Waals surface area (Å²) in [4.78, 5) is 14.4. The van der Waals surface area contributed by atoms with Crippen LogP contribution in [0.1, 0.15) is 36.0 Å². The van der Waals surface area contributed by atoms with Gasteiger partial charge in [-0.3, -0.25) is 9.69 Å². The molecular formula is C23H23FN2O2. The summed E-state index contributed by atoms with van der Waals surface area (Å²) in [6.45, 7) is 1.71. The molecule has 3 fully saturated rings. The molecule has 2 N–H and O–H groups in total. The lowest BCUT2D eigenvalue weighted by Crippen LogP contribution is -2.85. The lowest BCUT2D eigenvalue weighted by molar-refractivity contribution is -0.326. The summed E-state index contributed by atoms with van der Waals surface area (Å²) in [5.41, 5.74) is 2.26. The van der Waals surface area contributed by atoms with Crippen molar-refractivity contribution >= 4 is 11.6 Å². The topological polar surface area (TPSA) is 52.6 Å². The summed E-state index contributed by atoms with van der Waals surface area (Å²) in [6.07, 6.45) is 3.36. The molecule has 2 heterocycles. The summed E-state index contributed by atoms with van der Waals surface area (Å²) in [5.74, 6) is -0.302. The van der Waals surface area contributed by atoms with Crippen molar-refractivity contribution in [3.8, 4) is 0 Å². The zero-order valence-electron chi connectivity index (χ0n) is 15.6. The number of rotatable bonds is 3. The third kappa shape index (κ3) is 1.89. The van der Waals surface area contributed by atoms with Gasteiger partial charge in [0.2, 0.25) is 5.91 Å². The van der Waals surface area contributed by atoms with Gasteiger partial charge in [0.15, 0.2) is 0 Å². The third-order valence-electron chi connectivity index (χ3n) is 7.80. The SMILES string of the molecule is O=C1Cc2c(cc(F)cc2C2(O)C3CCC[C@]34C2CN4Cc2ccccc2)N1. The molecule has 5 heteroatoms. The van der Waals surface area contributed by atoms with E-state index >= 15 is 0 Å². The molecule has 1 amide bonds. The van der Waals surface area contributed by atoms with E-state index in [0.29, 0.717) is 11.3 Å². The molecule has 2 aromatic rings. The van der Waals surface area contributed by atoms with Crippen molar-refractivity contribution in [2.24, 2.45) is 11.8 Å². The summed E-state index contributed by atoms with van der Waals surface area (Å²) in [5, 5.41) is 14.6. The molecular weight excluding hydrogens is 355 g/mol. The molecule has 2 saturated carbocycles. The number of anilines is 1. The van der Waals surface area contributed by atoms with Crippen LogP contribution in [0.5, 0.6) is 0 Å². The Morgan fingerprint density at radius 1 is 1.21 bits per heavy atom. The third-order valence-corrected chi connectivity index (χ3v) is 7.80. The minimum atomic E-state index is -1.03. The summed E-state index contributed by atoms with van der Waals surface area (Å²) in [6, 6.07) is 13.3. The molecule has 2 aliphatic heterocycles. The number of amides is 1. The van der Waals surface area contributed by atoms with E-state index in [0.717, 1.165) is 37.9 Å². The van der Waals surface area contributed by atoms with E-state index in [9.17, 15) is 14.3 Å². The highest BCUT2D eigenvalue weighted by Gasteiger charge is 2.79. The molecule has 144 valence electrons. The van der Waals surface area contributed by atoms with Crippen molar-refractivity contribution < 1.29 is 14.3 Å². The zero-order valence-corrected chi connectivity index (χ0v) is 15.6. The molecule has 6 rings (SSSR count). The Bertz CT molecular complexity index is 994. The minimum Gasteiger partial charge on any atom is -0.384 e. The number of benzene rings is 2. The van der Waals surface area contributed by atoms with Crippen molar-refractivity contribution in [2.45, 2.75) is 43.4 Å². The predicted octanol–water partition coefficient (Wildman–Crippen LogP) is 3.19. The first-order chi connectivity index (χ1) is 13.5. The number of piperidine rings is 1. The van der Waals surface area contributed by atoms with E-state index < -0.39 is 5.60 Å². The fourth-order valence-electron chi connectivity index (χ4n) is 6.78. The van der Waals surface area contributed by atoms with E-state index in [4.69, 9.17) is 0 Å². The number of nitrogens with zero attached hydrogens (tertiary/aromatic N) is 1. The van der Waals surface area contributed by atoms with Crippen LogP contribution < -0.4 is 5.32 Å². The molecule has 0 radical (unpaired) electrons. The Balaban J connectivity index is 1.37. The molecule has 1 spiro atoms. The van der Waals surface area contributed by atoms with Crippen molar-refractivity contribution in [2.75, 3.05) is 11.9 Å². The minimum absolute atomic E-state index is 0.0276. The van der Waals surface area contributed by atoms with Crippen molar-refractivity contribution in [1.29, 1.82) is 0 Å². The molecule has 1 saturated heterocycles. The molecule has 0 bridgehead atoms. The average molecular weight is 378 g/mol. The molecule has 4 aliphatic rings. The van der Waals surface area contributed by atoms with Gasteiger partial charge in [-0.25, -0.2) is 4.39 Å². The molecule has 4 nitrogen and oxygen atoms in total. The average Bonchev–Trinajstić information content (AvgIpc) is 3.28. The number of carbonyl (C=O) groups is 1. The number of nitrogens with one attached hydrogen (secondary N) is 1. The first kappa shape index (κ1) is 16.7. The first-order valence-corrected chi connectivity index (χ1v) is 10.2. The van der Waals surface area contributed by atoms with Crippen molar-refractivity contribution in [3.05, 3.63) is 65.0 Å². The quantitative estimate of drug-likeness (QED) is 0.863. The van der Waals surface area contributed by atoms with Gasteiger partial charge in [-0.05, 0) is 41.7 Å². The number of hydrogen-bond acceptors (Lipinski definition) is 3. The molecule has 4 atom stereocenters. The van der Waals surface area contributed by atoms with Gasteiger partial charge >= 0.3 is 0 Å². The number of carbonyl (C=O) groups excluding carboxylic acids is 1. The smallest absolute Gasteiger partial charge is 0.228 e. The van der Waals surface area contributed by atoms with Gasteiger partial charge < -0.3 is 10.4 Å². The fraction of sp³-hybridized carbons (Fsp3) is 0.435. The summed E-state index contributed by atoms with van der Waals surface area (Å²) in [7, 11) is 0. The van der Waals surface area contributed by atoms with E-state index in [1.54, 1.807) is 0 Å². The lowest BCUT2D eigenvalue weighted by Gasteiger charge is -2.76. The van der Waals surface area contributed by atoms with Crippen LogP contribution in [-0.4, -0.2) is 28.0 Å². The molecule has 28 heavy (non-hydrogen) atoms. The Morgan fingerprint density at radius 3 is 2.86 bits per heavy atom. The zero-order chi connectivity index (χ0) is 19.1. The van der Waals surface area contributed by atoms with Crippen LogP contribution >= 0.6 is 0 Å². The molecule has 2 aromatic carbocycles. The van der Waals surface area contributed by atoms with E-state index in [2.05, 4.69) is 34.5 Å². The Labute approximate surface area is 163 Å². The van der Waals surface area contributed by atoms with Gasteiger partial charge in [-0.15, -0.1) is 0 Å². The lowest BCUT2D eigenvalue weighted by atomic mass is 9.42. The number of halogens is 1. The van der Waals surface area contributed by atoms with Gasteiger partial charge in [0, 0.05) is 36.2 Å². The standard InChI is InChI=1S/C23H23FN2O2/c24-15-9-17(16-11-21(27)25-18(16)10-15)23(28)19-7-4-8-22(19)20(23)13-26(22)12-14-5-2-1-3-6-14/h1-3,5-6,9-10,19-20,28H,4,7-8,11-13H2,(H,25,27)/t19?,20?,22-,23?/m1/s1. The normalized spacial score (nSPS) is 35.4. The van der Waals surface area contributed by atoms with Crippen LogP contribution in [0.25, 0.3) is 0 Å². The summed E-state index contributed by atoms with van der Waals surface area (Å²) >= 11 is 0. The molecule has 2 aliphatic carbocycles. The maximum atomic E-state index is 14.3. The second-order valence-electron chi connectivity index (χ2n) is 8.88. The highest BCUT2D eigenvalue weighted by molar-refractivity contribution is 5.99. The molecule has 3 unspecified atom stereocenters. The van der Waals surface area contributed by atoms with Crippen LogP contribution in [0.4, 0.5) is 10.1 Å². The Hall–Kier alpha value is -2.24. The van der Waals surface area contributed by atoms with E-state index in [1.165, 1.54) is 17.7 Å². The van der Waals surface area contributed by atoms with Gasteiger partial charge in [0.25, 0.3) is 0 Å². The van der Waals surface area contributed by atoms with Gasteiger partial charge in [-0.1, -0.05) is 36.8 Å². The van der Waals surface area contributed by atoms with Crippen molar-refractivity contribution in [3.63, 3.8) is 0 Å². The number of hydrogen-bond donors (Lipinski definition) is 2. The molecule has 0 aromatic heterocycles. The second kappa shape index (κ2) is 5.43. The predicted molar refractivity (Wildman–Crippen MR) is 103 cm³/mol. The number of aliphatic hydroxyl groups is 1. The van der Waals surface area contributed by atoms with Gasteiger partial charge in [0.1, 0.15) is 11.4 Å². The van der Waals surface area contributed by atoms with E-state index in [1.807, 2.05) is 6.07 Å². The maximum absolute atomic E-state index is 14.3. The van der Waals surface area contributed by atoms with Crippen LogP contribution in [0.3, 0.4) is 0 Å². The van der Waals surface area contributed by atoms with Gasteiger partial charge in [0.05, 0.1) is 6.42 Å². The van der Waals surface area contributed by atoms with Crippen LogP contribution in [0.2, 0.25) is 0 Å². The van der Waals surface area contributed by atoms with Gasteiger partial charge in [-0.2, -0.15) is 0 Å². The maximum Gasteiger partial charge on any atom is 0.228 e. The first-order valence-electron chi connectivity index (χ1n) is 10.2. The highest BCUT2D eigenvalue weighted by atomic mass is 19.1. The fourth-order valence-corrected chi connectivity index (χ4v) is 6.78. The summed E-state index contributed by atoms with van der Waals surface area (Å²) < 4.78 is 14.3. The van der Waals surface area contributed by atoms with Crippen LogP contribution in [0, 0.1) is 17.7 Å². The van der Waals surface area contributed by atoms with Crippen molar-refractivity contribution in [1.82, 2.24) is 4.90 Å². The number of fused-ring (bicyclic) bond motifs is 1. The van der Waals surface area contributed by atoms with E-state index in [-0.39, 0.29) is 35.5 Å². The van der Waals surface area contributed by atoms with Crippen LogP contribution in [0.15, 0.2) is 42.5 Å². The number of likely N-dealkylation sites (tertiary alicyclic amines) is 1.